The topological polar surface area (TPSA) is 50.4 Å². The van der Waals surface area contributed by atoms with Gasteiger partial charge in [-0.3, -0.25) is 4.79 Å². The maximum absolute atomic E-state index is 11.8. The normalized spacial score (nSPS) is 21.9. The van der Waals surface area contributed by atoms with Crippen molar-refractivity contribution in [1.82, 2.24) is 10.6 Å². The lowest BCUT2D eigenvalue weighted by molar-refractivity contribution is -0.175. The van der Waals surface area contributed by atoms with Gasteiger partial charge in [-0.05, 0) is 19.4 Å². The van der Waals surface area contributed by atoms with E-state index in [9.17, 15) is 18.0 Å². The quantitative estimate of drug-likeness (QED) is 0.781. The van der Waals surface area contributed by atoms with Crippen molar-refractivity contribution in [2.24, 2.45) is 0 Å². The van der Waals surface area contributed by atoms with Crippen LogP contribution in [0, 0.1) is 0 Å². The summed E-state index contributed by atoms with van der Waals surface area (Å²) in [7, 11) is 0. The van der Waals surface area contributed by atoms with Crippen LogP contribution >= 0.6 is 0 Å². The van der Waals surface area contributed by atoms with Gasteiger partial charge in [-0.25, -0.2) is 0 Å². The molecule has 0 radical (unpaired) electrons. The fourth-order valence-corrected chi connectivity index (χ4v) is 1.67. The number of nitrogens with one attached hydrogen (secondary N) is 2. The minimum Gasteiger partial charge on any atom is -0.362 e. The van der Waals surface area contributed by atoms with Gasteiger partial charge in [0.25, 0.3) is 0 Å². The monoisotopic (exact) mass is 254 g/mol. The van der Waals surface area contributed by atoms with Crippen LogP contribution in [0.1, 0.15) is 19.3 Å². The van der Waals surface area contributed by atoms with Crippen LogP contribution in [0.25, 0.3) is 0 Å². The molecule has 1 aliphatic heterocycles. The zero-order valence-corrected chi connectivity index (χ0v) is 9.48. The summed E-state index contributed by atoms with van der Waals surface area (Å²) in [5.74, 6) is -0.497. The molecule has 17 heavy (non-hydrogen) atoms. The minimum absolute atomic E-state index is 0.0144. The lowest BCUT2D eigenvalue weighted by Gasteiger charge is -2.16. The zero-order chi connectivity index (χ0) is 12.7. The number of halogens is 3. The largest absolute Gasteiger partial charge is 0.411 e. The van der Waals surface area contributed by atoms with Crippen molar-refractivity contribution in [2.45, 2.75) is 31.5 Å². The second-order valence-electron chi connectivity index (χ2n) is 4.07. The highest BCUT2D eigenvalue weighted by Crippen LogP contribution is 2.14. The van der Waals surface area contributed by atoms with E-state index in [-0.39, 0.29) is 6.04 Å². The van der Waals surface area contributed by atoms with Gasteiger partial charge < -0.3 is 15.4 Å². The van der Waals surface area contributed by atoms with Crippen molar-refractivity contribution in [1.29, 1.82) is 0 Å². The van der Waals surface area contributed by atoms with Gasteiger partial charge in [-0.1, -0.05) is 6.42 Å². The SMILES string of the molecule is O=C(COCC(F)(F)F)NC1CCCCNC1. The number of carbonyl (C=O) groups is 1. The average molecular weight is 254 g/mol. The van der Waals surface area contributed by atoms with E-state index < -0.39 is 25.3 Å². The molecule has 1 atom stereocenters. The maximum Gasteiger partial charge on any atom is 0.411 e. The highest BCUT2D eigenvalue weighted by Gasteiger charge is 2.27. The summed E-state index contributed by atoms with van der Waals surface area (Å²) < 4.78 is 39.5. The summed E-state index contributed by atoms with van der Waals surface area (Å²) in [4.78, 5) is 11.3. The van der Waals surface area contributed by atoms with Crippen molar-refractivity contribution in [3.63, 3.8) is 0 Å². The van der Waals surface area contributed by atoms with Crippen molar-refractivity contribution in [2.75, 3.05) is 26.3 Å². The third kappa shape index (κ3) is 7.17. The van der Waals surface area contributed by atoms with E-state index in [0.717, 1.165) is 25.8 Å². The van der Waals surface area contributed by atoms with Crippen molar-refractivity contribution in [3.8, 4) is 0 Å². The van der Waals surface area contributed by atoms with Crippen LogP contribution in [0.5, 0.6) is 0 Å². The van der Waals surface area contributed by atoms with Crippen molar-refractivity contribution >= 4 is 5.91 Å². The molecule has 100 valence electrons. The molecule has 1 saturated heterocycles. The molecule has 4 nitrogen and oxygen atoms in total. The number of rotatable bonds is 4. The second-order valence-corrected chi connectivity index (χ2v) is 4.07. The van der Waals surface area contributed by atoms with Gasteiger partial charge in [0.2, 0.25) is 5.91 Å². The molecule has 0 aromatic heterocycles. The van der Waals surface area contributed by atoms with Gasteiger partial charge in [0.15, 0.2) is 0 Å². The number of amides is 1. The van der Waals surface area contributed by atoms with E-state index >= 15 is 0 Å². The predicted octanol–water partition coefficient (Wildman–Crippen LogP) is 0.824. The Morgan fingerprint density at radius 2 is 2.18 bits per heavy atom. The summed E-state index contributed by atoms with van der Waals surface area (Å²) in [6, 6.07) is -0.0144. The number of ether oxygens (including phenoxy) is 1. The molecule has 0 aromatic carbocycles. The van der Waals surface area contributed by atoms with E-state index in [2.05, 4.69) is 15.4 Å². The first kappa shape index (κ1) is 14.2. The van der Waals surface area contributed by atoms with Gasteiger partial charge in [-0.15, -0.1) is 0 Å². The molecule has 0 bridgehead atoms. The van der Waals surface area contributed by atoms with Gasteiger partial charge in [-0.2, -0.15) is 13.2 Å². The van der Waals surface area contributed by atoms with Crippen LogP contribution in [-0.2, 0) is 9.53 Å². The number of carbonyl (C=O) groups excluding carboxylic acids is 1. The van der Waals surface area contributed by atoms with Crippen LogP contribution in [0.15, 0.2) is 0 Å². The molecule has 1 heterocycles. The van der Waals surface area contributed by atoms with Crippen LogP contribution < -0.4 is 10.6 Å². The standard InChI is InChI=1S/C10H17F3N2O2/c11-10(12,13)7-17-6-9(16)15-8-3-1-2-4-14-5-8/h8,14H,1-7H2,(H,15,16). The molecule has 1 amide bonds. The number of hydrogen-bond acceptors (Lipinski definition) is 3. The first-order valence-corrected chi connectivity index (χ1v) is 5.62. The van der Waals surface area contributed by atoms with Crippen LogP contribution in [-0.4, -0.2) is 44.4 Å². The van der Waals surface area contributed by atoms with Gasteiger partial charge in [0, 0.05) is 12.6 Å². The summed E-state index contributed by atoms with van der Waals surface area (Å²) in [6.45, 7) is -0.360. The summed E-state index contributed by atoms with van der Waals surface area (Å²) in [5.41, 5.74) is 0. The van der Waals surface area contributed by atoms with Crippen molar-refractivity contribution < 1.29 is 22.7 Å². The Balaban J connectivity index is 2.15. The Morgan fingerprint density at radius 3 is 2.88 bits per heavy atom. The summed E-state index contributed by atoms with van der Waals surface area (Å²) >= 11 is 0. The first-order valence-electron chi connectivity index (χ1n) is 5.62. The van der Waals surface area contributed by atoms with Crippen LogP contribution in [0.4, 0.5) is 13.2 Å². The lowest BCUT2D eigenvalue weighted by Crippen LogP contribution is -2.42. The Hall–Kier alpha value is -0.820. The maximum atomic E-state index is 11.8. The smallest absolute Gasteiger partial charge is 0.362 e. The fourth-order valence-electron chi connectivity index (χ4n) is 1.67. The third-order valence-electron chi connectivity index (χ3n) is 2.41. The summed E-state index contributed by atoms with van der Waals surface area (Å²) in [6.07, 6.45) is -1.49. The predicted molar refractivity (Wildman–Crippen MR) is 55.5 cm³/mol. The van der Waals surface area contributed by atoms with Gasteiger partial charge >= 0.3 is 6.18 Å². The molecule has 1 unspecified atom stereocenters. The molecule has 0 spiro atoms. The molecule has 0 saturated carbocycles. The third-order valence-corrected chi connectivity index (χ3v) is 2.41. The van der Waals surface area contributed by atoms with Crippen LogP contribution in [0.3, 0.4) is 0 Å². The molecular weight excluding hydrogens is 237 g/mol. The first-order chi connectivity index (χ1) is 7.97. The highest BCUT2D eigenvalue weighted by atomic mass is 19.4. The Kier molecular flexibility index (Phi) is 5.70. The number of alkyl halides is 3. The Bertz CT molecular complexity index is 238. The zero-order valence-electron chi connectivity index (χ0n) is 9.48. The van der Waals surface area contributed by atoms with E-state index in [4.69, 9.17) is 0 Å². The second kappa shape index (κ2) is 6.80. The molecule has 1 fully saturated rings. The van der Waals surface area contributed by atoms with E-state index in [1.165, 1.54) is 0 Å². The van der Waals surface area contributed by atoms with Gasteiger partial charge in [0.1, 0.15) is 13.2 Å². The molecule has 0 aromatic rings. The average Bonchev–Trinajstić information content (AvgIpc) is 2.44. The van der Waals surface area contributed by atoms with E-state index in [1.807, 2.05) is 0 Å². The van der Waals surface area contributed by atoms with Gasteiger partial charge in [0.05, 0.1) is 0 Å². The van der Waals surface area contributed by atoms with E-state index in [0.29, 0.717) is 6.54 Å². The van der Waals surface area contributed by atoms with Crippen LogP contribution in [0.2, 0.25) is 0 Å². The summed E-state index contributed by atoms with van der Waals surface area (Å²) in [5, 5.41) is 5.80. The molecule has 1 rings (SSSR count). The molecule has 0 aliphatic carbocycles. The number of hydrogen-bond donors (Lipinski definition) is 2. The molecule has 7 heteroatoms. The minimum atomic E-state index is -4.38. The Labute approximate surface area is 97.9 Å². The van der Waals surface area contributed by atoms with E-state index in [1.54, 1.807) is 0 Å². The van der Waals surface area contributed by atoms with Crippen molar-refractivity contribution in [3.05, 3.63) is 0 Å². The fraction of sp³-hybridized carbons (Fsp3) is 0.900. The lowest BCUT2D eigenvalue weighted by atomic mass is 10.1. The Morgan fingerprint density at radius 1 is 1.41 bits per heavy atom. The molecule has 1 aliphatic rings. The molecule has 2 N–H and O–H groups in total. The highest BCUT2D eigenvalue weighted by molar-refractivity contribution is 5.77. The molecular formula is C10H17F3N2O2.